The van der Waals surface area contributed by atoms with Crippen LogP contribution in [0.15, 0.2) is 22.7 Å². The summed E-state index contributed by atoms with van der Waals surface area (Å²) in [5.74, 6) is -0.767. The smallest absolute Gasteiger partial charge is 0.215 e. The molecule has 0 heterocycles. The second-order valence-corrected chi connectivity index (χ2v) is 6.32. The standard InChI is InChI=1S/C11H12BrFN2O2S/c12-10-4-3-9(7-11(10)13)8-18(16,17)15-6-2-1-5-14/h3-4,7,15H,1-2,6,8H2. The molecule has 0 unspecified atom stereocenters. The lowest BCUT2D eigenvalue weighted by Crippen LogP contribution is -2.26. The van der Waals surface area contributed by atoms with Gasteiger partial charge in [-0.1, -0.05) is 6.07 Å². The fraction of sp³-hybridized carbons (Fsp3) is 0.364. The molecule has 0 radical (unpaired) electrons. The Morgan fingerprint density at radius 2 is 2.17 bits per heavy atom. The summed E-state index contributed by atoms with van der Waals surface area (Å²) < 4.78 is 39.1. The topological polar surface area (TPSA) is 70.0 Å². The third-order valence-electron chi connectivity index (χ3n) is 2.13. The van der Waals surface area contributed by atoms with E-state index in [1.165, 1.54) is 12.1 Å². The molecule has 0 bridgehead atoms. The molecule has 98 valence electrons. The van der Waals surface area contributed by atoms with Crippen molar-refractivity contribution in [3.8, 4) is 6.07 Å². The van der Waals surface area contributed by atoms with Crippen LogP contribution in [0.2, 0.25) is 0 Å². The predicted octanol–water partition coefficient (Wildman–Crippen LogP) is 2.31. The summed E-state index contributed by atoms with van der Waals surface area (Å²) in [4.78, 5) is 0. The van der Waals surface area contributed by atoms with Gasteiger partial charge in [-0.3, -0.25) is 0 Å². The van der Waals surface area contributed by atoms with E-state index in [-0.39, 0.29) is 12.3 Å². The molecule has 0 amide bonds. The van der Waals surface area contributed by atoms with Gasteiger partial charge in [0.15, 0.2) is 0 Å². The highest BCUT2D eigenvalue weighted by Crippen LogP contribution is 2.17. The number of benzene rings is 1. The van der Waals surface area contributed by atoms with Crippen LogP contribution in [0, 0.1) is 17.1 Å². The van der Waals surface area contributed by atoms with E-state index in [4.69, 9.17) is 5.26 Å². The first-order valence-electron chi connectivity index (χ1n) is 5.23. The van der Waals surface area contributed by atoms with Crippen molar-refractivity contribution >= 4 is 26.0 Å². The van der Waals surface area contributed by atoms with Crippen molar-refractivity contribution in [2.75, 3.05) is 6.54 Å². The first-order valence-corrected chi connectivity index (χ1v) is 7.67. The average molecular weight is 335 g/mol. The van der Waals surface area contributed by atoms with E-state index in [1.54, 1.807) is 6.07 Å². The van der Waals surface area contributed by atoms with Gasteiger partial charge in [0.1, 0.15) is 5.82 Å². The molecule has 4 nitrogen and oxygen atoms in total. The second kappa shape index (κ2) is 6.83. The Hall–Kier alpha value is -0.970. The minimum atomic E-state index is -3.49. The SMILES string of the molecule is N#CCCCNS(=O)(=O)Cc1ccc(Br)c(F)c1. The van der Waals surface area contributed by atoms with E-state index in [1.807, 2.05) is 6.07 Å². The Kier molecular flexibility index (Phi) is 5.72. The minimum absolute atomic E-state index is 0.217. The van der Waals surface area contributed by atoms with Crippen molar-refractivity contribution in [2.24, 2.45) is 0 Å². The summed E-state index contributed by atoms with van der Waals surface area (Å²) in [5.41, 5.74) is 0.378. The number of hydrogen-bond donors (Lipinski definition) is 1. The second-order valence-electron chi connectivity index (χ2n) is 3.66. The molecular formula is C11H12BrFN2O2S. The van der Waals surface area contributed by atoms with Gasteiger partial charge in [-0.2, -0.15) is 5.26 Å². The molecule has 1 N–H and O–H groups in total. The van der Waals surface area contributed by atoms with Gasteiger partial charge in [0.25, 0.3) is 0 Å². The molecule has 0 saturated heterocycles. The number of unbranched alkanes of at least 4 members (excludes halogenated alkanes) is 1. The molecule has 1 aromatic carbocycles. The quantitative estimate of drug-likeness (QED) is 0.811. The summed E-state index contributed by atoms with van der Waals surface area (Å²) in [6.45, 7) is 0.217. The number of sulfonamides is 1. The zero-order valence-electron chi connectivity index (χ0n) is 9.49. The van der Waals surface area contributed by atoms with Crippen LogP contribution in [-0.2, 0) is 15.8 Å². The van der Waals surface area contributed by atoms with Gasteiger partial charge in [0, 0.05) is 13.0 Å². The van der Waals surface area contributed by atoms with Crippen molar-refractivity contribution in [3.63, 3.8) is 0 Å². The van der Waals surface area contributed by atoms with Crippen LogP contribution < -0.4 is 4.72 Å². The number of rotatable bonds is 6. The summed E-state index contributed by atoms with van der Waals surface area (Å²) in [6, 6.07) is 6.12. The Balaban J connectivity index is 2.60. The van der Waals surface area contributed by atoms with Crippen LogP contribution in [0.5, 0.6) is 0 Å². The van der Waals surface area contributed by atoms with Gasteiger partial charge in [0.05, 0.1) is 16.3 Å². The molecule has 18 heavy (non-hydrogen) atoms. The maximum absolute atomic E-state index is 13.2. The zero-order valence-corrected chi connectivity index (χ0v) is 11.9. The highest BCUT2D eigenvalue weighted by molar-refractivity contribution is 9.10. The fourth-order valence-corrected chi connectivity index (χ4v) is 2.72. The highest BCUT2D eigenvalue weighted by atomic mass is 79.9. The number of hydrogen-bond acceptors (Lipinski definition) is 3. The molecule has 1 rings (SSSR count). The molecule has 0 atom stereocenters. The first kappa shape index (κ1) is 15.1. The lowest BCUT2D eigenvalue weighted by Gasteiger charge is -2.06. The van der Waals surface area contributed by atoms with Crippen LogP contribution >= 0.6 is 15.9 Å². The van der Waals surface area contributed by atoms with Crippen molar-refractivity contribution in [1.82, 2.24) is 4.72 Å². The van der Waals surface area contributed by atoms with Gasteiger partial charge in [-0.05, 0) is 40.0 Å². The van der Waals surface area contributed by atoms with E-state index < -0.39 is 15.8 Å². The average Bonchev–Trinajstić information content (AvgIpc) is 2.29. The maximum atomic E-state index is 13.2. The van der Waals surface area contributed by atoms with E-state index in [0.717, 1.165) is 0 Å². The van der Waals surface area contributed by atoms with Crippen LogP contribution in [-0.4, -0.2) is 15.0 Å². The van der Waals surface area contributed by atoms with Crippen molar-refractivity contribution < 1.29 is 12.8 Å². The number of halogens is 2. The third kappa shape index (κ3) is 5.12. The minimum Gasteiger partial charge on any atom is -0.215 e. The molecule has 1 aromatic rings. The fourth-order valence-electron chi connectivity index (χ4n) is 1.29. The summed E-state index contributed by atoms with van der Waals surface area (Å²) in [7, 11) is -3.49. The van der Waals surface area contributed by atoms with Gasteiger partial charge in [0.2, 0.25) is 10.0 Å². The Morgan fingerprint density at radius 1 is 1.44 bits per heavy atom. The molecule has 0 aromatic heterocycles. The number of nitrogens with one attached hydrogen (secondary N) is 1. The van der Waals surface area contributed by atoms with Crippen molar-refractivity contribution in [2.45, 2.75) is 18.6 Å². The zero-order chi connectivity index (χ0) is 13.6. The van der Waals surface area contributed by atoms with Crippen LogP contribution in [0.1, 0.15) is 18.4 Å². The van der Waals surface area contributed by atoms with Gasteiger partial charge < -0.3 is 0 Å². The number of nitrogens with zero attached hydrogens (tertiary/aromatic N) is 1. The molecule has 7 heteroatoms. The summed E-state index contributed by atoms with van der Waals surface area (Å²) in [5, 5.41) is 8.31. The van der Waals surface area contributed by atoms with E-state index in [0.29, 0.717) is 22.9 Å². The van der Waals surface area contributed by atoms with Gasteiger partial charge in [-0.25, -0.2) is 17.5 Å². The third-order valence-corrected chi connectivity index (χ3v) is 4.13. The molecule has 0 aliphatic carbocycles. The maximum Gasteiger partial charge on any atom is 0.215 e. The highest BCUT2D eigenvalue weighted by Gasteiger charge is 2.12. The molecule has 0 aliphatic heterocycles. The molecular weight excluding hydrogens is 323 g/mol. The van der Waals surface area contributed by atoms with Crippen LogP contribution in [0.3, 0.4) is 0 Å². The largest absolute Gasteiger partial charge is 0.215 e. The molecule has 0 saturated carbocycles. The van der Waals surface area contributed by atoms with Crippen molar-refractivity contribution in [1.29, 1.82) is 5.26 Å². The molecule has 0 fully saturated rings. The Morgan fingerprint density at radius 3 is 2.78 bits per heavy atom. The predicted molar refractivity (Wildman–Crippen MR) is 69.6 cm³/mol. The van der Waals surface area contributed by atoms with Crippen molar-refractivity contribution in [3.05, 3.63) is 34.1 Å². The number of nitriles is 1. The van der Waals surface area contributed by atoms with Crippen LogP contribution in [0.25, 0.3) is 0 Å². The molecule has 0 spiro atoms. The molecule has 0 aliphatic rings. The Bertz CT molecular complexity index is 555. The van der Waals surface area contributed by atoms with E-state index in [9.17, 15) is 12.8 Å². The summed E-state index contributed by atoms with van der Waals surface area (Å²) in [6.07, 6.45) is 0.764. The normalized spacial score (nSPS) is 11.2. The van der Waals surface area contributed by atoms with E-state index >= 15 is 0 Å². The Labute approximate surface area is 114 Å². The monoisotopic (exact) mass is 334 g/mol. The first-order chi connectivity index (χ1) is 8.44. The van der Waals surface area contributed by atoms with Gasteiger partial charge >= 0.3 is 0 Å². The van der Waals surface area contributed by atoms with E-state index in [2.05, 4.69) is 20.7 Å². The lowest BCUT2D eigenvalue weighted by molar-refractivity contribution is 0.578. The van der Waals surface area contributed by atoms with Crippen LogP contribution in [0.4, 0.5) is 4.39 Å². The lowest BCUT2D eigenvalue weighted by atomic mass is 10.2. The van der Waals surface area contributed by atoms with Gasteiger partial charge in [-0.15, -0.1) is 0 Å². The summed E-state index contributed by atoms with van der Waals surface area (Å²) >= 11 is 3.00.